The minimum atomic E-state index is -0.217. The van der Waals surface area contributed by atoms with Gasteiger partial charge in [0.25, 0.3) is 23.6 Å². The fraction of sp³-hybridized carbons (Fsp3) is 0.327. The second-order valence-electron chi connectivity index (χ2n) is 33.5. The predicted molar refractivity (Wildman–Crippen MR) is 562 cm³/mol. The first-order valence-corrected chi connectivity index (χ1v) is 50.8. The van der Waals surface area contributed by atoms with Crippen LogP contribution in [0.1, 0.15) is 229 Å². The zero-order valence-electron chi connectivity index (χ0n) is 77.4. The first kappa shape index (κ1) is 103. The lowest BCUT2D eigenvalue weighted by Crippen LogP contribution is -2.45. The fourth-order valence-corrected chi connectivity index (χ4v) is 18.5. The number of halogens is 9. The summed E-state index contributed by atoms with van der Waals surface area (Å²) in [6.07, 6.45) is 20.0. The maximum Gasteiger partial charge on any atom is 0.286 e. The molecule has 4 N–H and O–H groups in total. The van der Waals surface area contributed by atoms with Crippen LogP contribution in [-0.2, 0) is 0 Å². The van der Waals surface area contributed by atoms with Gasteiger partial charge in [0.15, 0.2) is 22.8 Å². The molecule has 0 atom stereocenters. The van der Waals surface area contributed by atoms with Gasteiger partial charge in [0.05, 0.1) is 65.6 Å². The number of alkyl halides is 1. The minimum Gasteiger partial charge on any atom is -0.283 e. The van der Waals surface area contributed by atoms with E-state index in [0.29, 0.717) is 85.7 Å². The third kappa shape index (κ3) is 27.2. The SMILES string of the molecule is CCCC#Cc1ccc(-c2c(C)c(C(=O)NN3CCCCC3)nn2-c2ccc(Cl)cc2Cl)cc1.CCCC#Cc1ccc(-c2c(C)c(C(=O)NN3CCCCC3)nn2-c2ccc(Cl)cc2Cl)cc1.CCCC#Cc1ccc(-c2c(C)c(C(=O)NN3CCCCC3)nn2-c2ccc(Cl)cc2Cl)cc1.Cc1c(C(=O)NN2CCCCC2)nn(-c2ccc(Cl)cc2Cl)c1-c1ccc(C#CCCI)cc1. The van der Waals surface area contributed by atoms with Crippen LogP contribution in [0.3, 0.4) is 0 Å². The standard InChI is InChI=1S/3C27H28Cl2N4O.C26H25Cl2IN4O/c3*1-3-4-6-9-20-10-12-21(13-11-20)26-19(2)25(27(34)31-32-16-7-5-8-17-32)30-33(26)24-15-14-22(28)18-23(24)29;1-18-24(26(34)31-32-15-5-2-6-16-32)30-33(23-13-12-21(27)17-22(23)28)25(18)20-10-8-19(9-11-20)7-3-4-14-29/h3*10-15,18H,3-5,7-8,16-17H2,1-2H3,(H,31,34);8-13,17H,2,4-6,14-16H2,1H3,(H,31,34). The lowest BCUT2D eigenvalue weighted by Gasteiger charge is -2.26. The van der Waals surface area contributed by atoms with E-state index in [1.807, 2.05) is 169 Å². The third-order valence-electron chi connectivity index (χ3n) is 23.3. The normalized spacial score (nSPS) is 13.9. The highest BCUT2D eigenvalue weighted by Gasteiger charge is 2.31. The molecule has 4 amide bonds. The van der Waals surface area contributed by atoms with E-state index >= 15 is 0 Å². The number of aromatic nitrogens is 8. The largest absolute Gasteiger partial charge is 0.286 e. The first-order chi connectivity index (χ1) is 65.9. The van der Waals surface area contributed by atoms with Gasteiger partial charge in [-0.3, -0.25) is 40.9 Å². The molecule has 704 valence electrons. The summed E-state index contributed by atoms with van der Waals surface area (Å²) in [5.41, 5.74) is 30.1. The van der Waals surface area contributed by atoms with Crippen LogP contribution in [0, 0.1) is 75.1 Å². The number of nitrogens with one attached hydrogen (secondary N) is 4. The molecule has 0 aliphatic carbocycles. The molecule has 0 saturated carbocycles. The maximum absolute atomic E-state index is 13.2. The Labute approximate surface area is 851 Å². The van der Waals surface area contributed by atoms with E-state index in [1.54, 1.807) is 67.3 Å². The highest BCUT2D eigenvalue weighted by Crippen LogP contribution is 2.39. The van der Waals surface area contributed by atoms with Crippen LogP contribution < -0.4 is 21.7 Å². The Kier molecular flexibility index (Phi) is 38.5. The number of hydrogen-bond acceptors (Lipinski definition) is 12. The number of piperidine rings is 4. The summed E-state index contributed by atoms with van der Waals surface area (Å²) in [4.78, 5) is 52.8. The van der Waals surface area contributed by atoms with E-state index in [4.69, 9.17) is 113 Å². The number of benzene rings is 8. The molecule has 16 rings (SSSR count). The highest BCUT2D eigenvalue weighted by molar-refractivity contribution is 14.1. The van der Waals surface area contributed by atoms with Crippen molar-refractivity contribution in [2.24, 2.45) is 0 Å². The van der Waals surface area contributed by atoms with E-state index in [9.17, 15) is 19.2 Å². The molecule has 4 saturated heterocycles. The van der Waals surface area contributed by atoms with Gasteiger partial charge in [-0.15, -0.1) is 0 Å². The molecule has 8 heterocycles. The van der Waals surface area contributed by atoms with Crippen molar-refractivity contribution in [2.45, 2.75) is 170 Å². The summed E-state index contributed by atoms with van der Waals surface area (Å²) in [6.45, 7) is 20.8. The van der Waals surface area contributed by atoms with Gasteiger partial charge in [0, 0.05) is 169 Å². The lowest BCUT2D eigenvalue weighted by atomic mass is 10.0. The number of hydrazine groups is 4. The highest BCUT2D eigenvalue weighted by atomic mass is 127. The minimum absolute atomic E-state index is 0.216. The van der Waals surface area contributed by atoms with Crippen LogP contribution in [0.15, 0.2) is 170 Å². The quantitative estimate of drug-likeness (QED) is 0.0320. The van der Waals surface area contributed by atoms with Gasteiger partial charge >= 0.3 is 0 Å². The van der Waals surface area contributed by atoms with E-state index in [-0.39, 0.29) is 23.6 Å². The lowest BCUT2D eigenvalue weighted by molar-refractivity contribution is 0.0736. The molecular weight excluding hydrogens is 1980 g/mol. The van der Waals surface area contributed by atoms with E-state index in [0.717, 1.165) is 243 Å². The summed E-state index contributed by atoms with van der Waals surface area (Å²) >= 11 is 53.0. The Morgan fingerprint density at radius 2 is 0.493 bits per heavy atom. The van der Waals surface area contributed by atoms with Crippen molar-refractivity contribution in [3.8, 4) is 115 Å². The van der Waals surface area contributed by atoms with Gasteiger partial charge in [-0.25, -0.2) is 38.8 Å². The van der Waals surface area contributed by atoms with E-state index in [1.165, 1.54) is 25.7 Å². The van der Waals surface area contributed by atoms with Crippen molar-refractivity contribution in [3.63, 3.8) is 0 Å². The van der Waals surface area contributed by atoms with Crippen molar-refractivity contribution in [1.29, 1.82) is 0 Å². The molecule has 0 unspecified atom stereocenters. The van der Waals surface area contributed by atoms with Crippen molar-refractivity contribution >= 4 is 139 Å². The summed E-state index contributed by atoms with van der Waals surface area (Å²) < 4.78 is 7.94. The van der Waals surface area contributed by atoms with Crippen molar-refractivity contribution < 1.29 is 19.2 Å². The Hall–Kier alpha value is -10.4. The number of unbranched alkanes of at least 4 members (excludes halogenated alkanes) is 3. The number of hydrogen-bond donors (Lipinski definition) is 4. The molecule has 4 aliphatic heterocycles. The molecule has 8 aromatic carbocycles. The van der Waals surface area contributed by atoms with Crippen molar-refractivity contribution in [2.75, 3.05) is 56.8 Å². The van der Waals surface area contributed by atoms with Crippen LogP contribution >= 0.6 is 115 Å². The number of amides is 4. The first-order valence-electron chi connectivity index (χ1n) is 46.3. The average Bonchev–Trinajstić information content (AvgIpc) is 1.64. The molecule has 29 heteroatoms. The molecular formula is C107H109Cl8IN16O4. The average molecular weight is 2090 g/mol. The zero-order chi connectivity index (χ0) is 96.3. The molecule has 0 radical (unpaired) electrons. The van der Waals surface area contributed by atoms with Crippen molar-refractivity contribution in [3.05, 3.63) is 277 Å². The third-order valence-corrected chi connectivity index (χ3v) is 26.0. The molecule has 12 aromatic rings. The smallest absolute Gasteiger partial charge is 0.283 e. The van der Waals surface area contributed by atoms with Crippen LogP contribution in [0.25, 0.3) is 67.8 Å². The van der Waals surface area contributed by atoms with Gasteiger partial charge in [-0.1, -0.05) is 258 Å². The Morgan fingerprint density at radius 3 is 0.676 bits per heavy atom. The number of rotatable bonds is 20. The van der Waals surface area contributed by atoms with Crippen LogP contribution in [0.4, 0.5) is 0 Å². The Morgan fingerprint density at radius 1 is 0.294 bits per heavy atom. The molecule has 136 heavy (non-hydrogen) atoms. The molecule has 4 fully saturated rings. The second-order valence-corrected chi connectivity index (χ2v) is 37.9. The molecule has 0 spiro atoms. The van der Waals surface area contributed by atoms with Crippen LogP contribution in [0.5, 0.6) is 0 Å². The van der Waals surface area contributed by atoms with Gasteiger partial charge < -0.3 is 0 Å². The Bertz CT molecular complexity index is 5720. The molecule has 0 bridgehead atoms. The predicted octanol–water partition coefficient (Wildman–Crippen LogP) is 25.8. The monoisotopic (exact) mass is 2090 g/mol. The van der Waals surface area contributed by atoms with Gasteiger partial charge in [-0.2, -0.15) is 20.4 Å². The topological polar surface area (TPSA) is 201 Å². The number of nitrogens with zero attached hydrogens (tertiary/aromatic N) is 12. The molecule has 4 aliphatic rings. The van der Waals surface area contributed by atoms with Gasteiger partial charge in [0.1, 0.15) is 0 Å². The molecule has 4 aromatic heterocycles. The summed E-state index contributed by atoms with van der Waals surface area (Å²) in [7, 11) is 0. The number of carbonyl (C=O) groups excluding carboxylic acids is 4. The zero-order valence-corrected chi connectivity index (χ0v) is 85.6. The van der Waals surface area contributed by atoms with Gasteiger partial charge in [0.2, 0.25) is 0 Å². The Balaban J connectivity index is 0.000000153. The van der Waals surface area contributed by atoms with Crippen LogP contribution in [0.2, 0.25) is 40.2 Å². The fourth-order valence-electron chi connectivity index (χ4n) is 16.2. The summed E-state index contributed by atoms with van der Waals surface area (Å²) in [5, 5.41) is 30.8. The van der Waals surface area contributed by atoms with Crippen LogP contribution in [-0.4, -0.2) is 140 Å². The summed E-state index contributed by atoms with van der Waals surface area (Å²) in [6, 6.07) is 53.0. The van der Waals surface area contributed by atoms with Crippen molar-refractivity contribution in [1.82, 2.24) is 80.9 Å². The second kappa shape index (κ2) is 50.8. The maximum atomic E-state index is 13.2. The van der Waals surface area contributed by atoms with E-state index in [2.05, 4.69) is 112 Å². The number of carbonyl (C=O) groups is 4. The van der Waals surface area contributed by atoms with Gasteiger partial charge in [-0.05, 0) is 220 Å². The molecule has 20 nitrogen and oxygen atoms in total. The summed E-state index contributed by atoms with van der Waals surface area (Å²) in [5.74, 6) is 24.6. The van der Waals surface area contributed by atoms with E-state index < -0.39 is 0 Å².